The molecule has 0 fully saturated rings. The molecule has 0 bridgehead atoms. The molecule has 0 unspecified atom stereocenters. The molecule has 0 radical (unpaired) electrons. The SMILES string of the molecule is CNC(=O)N(CCOc1ccc(-c2ccc(OCCN(C)C)cc2)cc1)Cc1cccc(F)c1. The lowest BCUT2D eigenvalue weighted by Crippen LogP contribution is -2.40. The summed E-state index contributed by atoms with van der Waals surface area (Å²) in [5.41, 5.74) is 2.89. The van der Waals surface area contributed by atoms with Crippen molar-refractivity contribution < 1.29 is 18.7 Å². The average molecular weight is 466 g/mol. The number of benzene rings is 3. The molecule has 3 aromatic carbocycles. The number of ether oxygens (including phenoxy) is 2. The highest BCUT2D eigenvalue weighted by atomic mass is 19.1. The lowest BCUT2D eigenvalue weighted by atomic mass is 10.1. The van der Waals surface area contributed by atoms with Crippen molar-refractivity contribution in [2.75, 3.05) is 47.4 Å². The monoisotopic (exact) mass is 465 g/mol. The Bertz CT molecular complexity index is 1040. The second-order valence-corrected chi connectivity index (χ2v) is 8.16. The summed E-state index contributed by atoms with van der Waals surface area (Å²) in [5.74, 6) is 1.25. The normalized spacial score (nSPS) is 10.7. The zero-order valence-electron chi connectivity index (χ0n) is 20.0. The van der Waals surface area contributed by atoms with Gasteiger partial charge >= 0.3 is 6.03 Å². The molecular weight excluding hydrogens is 433 g/mol. The molecule has 0 saturated heterocycles. The van der Waals surface area contributed by atoms with Gasteiger partial charge in [-0.3, -0.25) is 0 Å². The van der Waals surface area contributed by atoms with E-state index < -0.39 is 0 Å². The number of hydrogen-bond donors (Lipinski definition) is 1. The average Bonchev–Trinajstić information content (AvgIpc) is 2.84. The fraction of sp³-hybridized carbons (Fsp3) is 0.296. The van der Waals surface area contributed by atoms with E-state index in [1.54, 1.807) is 24.1 Å². The molecule has 0 aliphatic heterocycles. The van der Waals surface area contributed by atoms with Crippen LogP contribution in [0, 0.1) is 5.82 Å². The molecule has 3 aromatic rings. The zero-order chi connectivity index (χ0) is 24.3. The van der Waals surface area contributed by atoms with Crippen molar-refractivity contribution in [1.29, 1.82) is 0 Å². The van der Waals surface area contributed by atoms with Gasteiger partial charge in [-0.2, -0.15) is 0 Å². The minimum Gasteiger partial charge on any atom is -0.492 e. The van der Waals surface area contributed by atoms with Gasteiger partial charge in [0.15, 0.2) is 0 Å². The van der Waals surface area contributed by atoms with Crippen LogP contribution in [0.3, 0.4) is 0 Å². The first-order valence-corrected chi connectivity index (χ1v) is 11.3. The third-order valence-corrected chi connectivity index (χ3v) is 5.24. The standard InChI is InChI=1S/C27H32FN3O3/c1-29-27(32)31(20-21-5-4-6-24(28)19-21)16-18-34-26-13-9-23(10-14-26)22-7-11-25(12-8-22)33-17-15-30(2)3/h4-14,19H,15-18,20H2,1-3H3,(H,29,32). The third-order valence-electron chi connectivity index (χ3n) is 5.24. The number of carbonyl (C=O) groups is 1. The molecular formula is C27H32FN3O3. The van der Waals surface area contributed by atoms with Gasteiger partial charge in [-0.25, -0.2) is 9.18 Å². The van der Waals surface area contributed by atoms with Crippen LogP contribution in [0.2, 0.25) is 0 Å². The largest absolute Gasteiger partial charge is 0.492 e. The summed E-state index contributed by atoms with van der Waals surface area (Å²) in [6.07, 6.45) is 0. The van der Waals surface area contributed by atoms with Crippen LogP contribution in [0.4, 0.5) is 9.18 Å². The van der Waals surface area contributed by atoms with Crippen molar-refractivity contribution in [2.45, 2.75) is 6.54 Å². The highest BCUT2D eigenvalue weighted by Gasteiger charge is 2.13. The Kier molecular flexibility index (Phi) is 9.29. The fourth-order valence-electron chi connectivity index (χ4n) is 3.37. The molecule has 0 saturated carbocycles. The van der Waals surface area contributed by atoms with Crippen molar-refractivity contribution in [3.8, 4) is 22.6 Å². The number of urea groups is 1. The Morgan fingerprint density at radius 1 is 0.853 bits per heavy atom. The Morgan fingerprint density at radius 2 is 1.41 bits per heavy atom. The van der Waals surface area contributed by atoms with Gasteiger partial charge in [0.05, 0.1) is 6.54 Å². The van der Waals surface area contributed by atoms with Crippen LogP contribution in [-0.4, -0.2) is 63.3 Å². The van der Waals surface area contributed by atoms with Gasteiger partial charge in [-0.1, -0.05) is 36.4 Å². The molecule has 0 aromatic heterocycles. The van der Waals surface area contributed by atoms with Gasteiger partial charge in [0.1, 0.15) is 30.5 Å². The quantitative estimate of drug-likeness (QED) is 0.448. The second-order valence-electron chi connectivity index (χ2n) is 8.16. The van der Waals surface area contributed by atoms with Crippen molar-refractivity contribution in [3.05, 3.63) is 84.2 Å². The number of hydrogen-bond acceptors (Lipinski definition) is 4. The molecule has 0 aliphatic carbocycles. The molecule has 0 aliphatic rings. The molecule has 7 heteroatoms. The molecule has 1 N–H and O–H groups in total. The number of amides is 2. The summed E-state index contributed by atoms with van der Waals surface area (Å²) >= 11 is 0. The maximum atomic E-state index is 13.5. The smallest absolute Gasteiger partial charge is 0.317 e. The Labute approximate surface area is 200 Å². The van der Waals surface area contributed by atoms with Crippen LogP contribution in [0.1, 0.15) is 5.56 Å². The van der Waals surface area contributed by atoms with Gasteiger partial charge < -0.3 is 24.6 Å². The highest BCUT2D eigenvalue weighted by Crippen LogP contribution is 2.24. The molecule has 0 heterocycles. The number of rotatable bonds is 11. The number of nitrogens with one attached hydrogen (secondary N) is 1. The molecule has 2 amide bonds. The fourth-order valence-corrected chi connectivity index (χ4v) is 3.37. The maximum absolute atomic E-state index is 13.5. The van der Waals surface area contributed by atoms with Crippen LogP contribution in [-0.2, 0) is 6.54 Å². The summed E-state index contributed by atoms with van der Waals surface area (Å²) in [4.78, 5) is 15.9. The van der Waals surface area contributed by atoms with Crippen LogP contribution in [0.25, 0.3) is 11.1 Å². The van der Waals surface area contributed by atoms with Gasteiger partial charge in [-0.15, -0.1) is 0 Å². The number of likely N-dealkylation sites (N-methyl/N-ethyl adjacent to an activating group) is 1. The summed E-state index contributed by atoms with van der Waals surface area (Å²) in [6.45, 7) is 2.51. The van der Waals surface area contributed by atoms with Gasteiger partial charge in [0.2, 0.25) is 0 Å². The summed E-state index contributed by atoms with van der Waals surface area (Å²) < 4.78 is 25.1. The highest BCUT2D eigenvalue weighted by molar-refractivity contribution is 5.73. The van der Waals surface area contributed by atoms with Crippen LogP contribution >= 0.6 is 0 Å². The lowest BCUT2D eigenvalue weighted by molar-refractivity contribution is 0.181. The van der Waals surface area contributed by atoms with Gasteiger partial charge in [-0.05, 0) is 67.2 Å². The van der Waals surface area contributed by atoms with E-state index in [1.165, 1.54) is 12.1 Å². The van der Waals surface area contributed by atoms with Crippen LogP contribution in [0.15, 0.2) is 72.8 Å². The minimum atomic E-state index is -0.322. The predicted molar refractivity (Wildman–Crippen MR) is 133 cm³/mol. The molecule has 34 heavy (non-hydrogen) atoms. The van der Waals surface area contributed by atoms with E-state index in [2.05, 4.69) is 10.2 Å². The Morgan fingerprint density at radius 3 is 1.91 bits per heavy atom. The number of nitrogens with zero attached hydrogens (tertiary/aromatic N) is 2. The Balaban J connectivity index is 1.52. The van der Waals surface area contributed by atoms with Crippen LogP contribution in [0.5, 0.6) is 11.5 Å². The molecule has 180 valence electrons. The van der Waals surface area contributed by atoms with Crippen molar-refractivity contribution in [2.24, 2.45) is 0 Å². The van der Waals surface area contributed by atoms with E-state index in [0.717, 1.165) is 34.7 Å². The summed E-state index contributed by atoms with van der Waals surface area (Å²) in [6, 6.07) is 21.8. The van der Waals surface area contributed by atoms with E-state index in [9.17, 15) is 9.18 Å². The number of halogens is 1. The second kappa shape index (κ2) is 12.6. The van der Waals surface area contributed by atoms with Crippen molar-refractivity contribution in [1.82, 2.24) is 15.1 Å². The predicted octanol–water partition coefficient (Wildman–Crippen LogP) is 4.65. The first kappa shape index (κ1) is 25.1. The Hall–Kier alpha value is -3.58. The topological polar surface area (TPSA) is 54.0 Å². The minimum absolute atomic E-state index is 0.239. The summed E-state index contributed by atoms with van der Waals surface area (Å²) in [5, 5.41) is 2.62. The maximum Gasteiger partial charge on any atom is 0.317 e. The van der Waals surface area contributed by atoms with Crippen molar-refractivity contribution in [3.63, 3.8) is 0 Å². The van der Waals surface area contributed by atoms with E-state index >= 15 is 0 Å². The van der Waals surface area contributed by atoms with Gasteiger partial charge in [0, 0.05) is 20.1 Å². The number of carbonyl (C=O) groups excluding carboxylic acids is 1. The first-order chi connectivity index (χ1) is 16.4. The molecule has 6 nitrogen and oxygen atoms in total. The van der Waals surface area contributed by atoms with Crippen molar-refractivity contribution >= 4 is 6.03 Å². The summed E-state index contributed by atoms with van der Waals surface area (Å²) in [7, 11) is 5.61. The third kappa shape index (κ3) is 7.78. The van der Waals surface area contributed by atoms with E-state index in [4.69, 9.17) is 9.47 Å². The van der Waals surface area contributed by atoms with Gasteiger partial charge in [0.25, 0.3) is 0 Å². The van der Waals surface area contributed by atoms with Crippen LogP contribution < -0.4 is 14.8 Å². The molecule has 0 atom stereocenters. The molecule has 0 spiro atoms. The van der Waals surface area contributed by atoms with E-state index in [-0.39, 0.29) is 11.8 Å². The lowest BCUT2D eigenvalue weighted by Gasteiger charge is -2.22. The van der Waals surface area contributed by atoms with E-state index in [0.29, 0.717) is 26.3 Å². The first-order valence-electron chi connectivity index (χ1n) is 11.3. The molecule has 3 rings (SSSR count). The zero-order valence-corrected chi connectivity index (χ0v) is 20.0. The van der Waals surface area contributed by atoms with E-state index in [1.807, 2.05) is 62.6 Å².